The molecule has 4 heteroatoms. The first-order valence-electron chi connectivity index (χ1n) is 7.52. The Morgan fingerprint density at radius 3 is 1.65 bits per heavy atom. The summed E-state index contributed by atoms with van der Waals surface area (Å²) >= 11 is 0. The summed E-state index contributed by atoms with van der Waals surface area (Å²) < 4.78 is 0. The van der Waals surface area contributed by atoms with Crippen molar-refractivity contribution in [2.75, 3.05) is 10.6 Å². The molecule has 0 heterocycles. The number of benzene rings is 2. The maximum Gasteiger partial charge on any atom is 0.224 e. The van der Waals surface area contributed by atoms with Crippen LogP contribution in [0.3, 0.4) is 0 Å². The summed E-state index contributed by atoms with van der Waals surface area (Å²) in [5, 5.41) is 5.55. The highest BCUT2D eigenvalue weighted by Gasteiger charge is 1.98. The molecule has 118 valence electrons. The Morgan fingerprint density at radius 1 is 0.826 bits per heavy atom. The number of carbonyl (C=O) groups excluding carboxylic acids is 2. The molecule has 23 heavy (non-hydrogen) atoms. The van der Waals surface area contributed by atoms with E-state index in [0.717, 1.165) is 22.5 Å². The number of anilines is 2. The highest BCUT2D eigenvalue weighted by atomic mass is 16.2. The van der Waals surface area contributed by atoms with Gasteiger partial charge in [0.25, 0.3) is 0 Å². The largest absolute Gasteiger partial charge is 0.326 e. The van der Waals surface area contributed by atoms with Crippen LogP contribution < -0.4 is 10.6 Å². The summed E-state index contributed by atoms with van der Waals surface area (Å²) in [6.07, 6.45) is 4.46. The minimum absolute atomic E-state index is 0.00699. The van der Waals surface area contributed by atoms with Crippen LogP contribution in [0.1, 0.15) is 31.4 Å². The van der Waals surface area contributed by atoms with Gasteiger partial charge in [-0.25, -0.2) is 0 Å². The summed E-state index contributed by atoms with van der Waals surface area (Å²) in [7, 11) is 0. The standard InChI is InChI=1S/C19H20N2O2/c1-3-19(23)21-18-12-8-16(9-13-18)5-4-15-6-10-17(11-7-15)20-14(2)22/h4-13H,3H2,1-2H3,(H,20,22)(H,21,23)/b5-4+. The molecule has 2 rings (SSSR count). The Kier molecular flexibility index (Phi) is 5.69. The van der Waals surface area contributed by atoms with Gasteiger partial charge in [-0.3, -0.25) is 9.59 Å². The number of hydrogen-bond donors (Lipinski definition) is 2. The monoisotopic (exact) mass is 308 g/mol. The Morgan fingerprint density at radius 2 is 1.26 bits per heavy atom. The highest BCUT2D eigenvalue weighted by Crippen LogP contribution is 2.15. The summed E-state index contributed by atoms with van der Waals surface area (Å²) in [5.41, 5.74) is 3.67. The van der Waals surface area contributed by atoms with Crippen LogP contribution in [0.4, 0.5) is 11.4 Å². The molecular weight excluding hydrogens is 288 g/mol. The molecule has 0 aliphatic carbocycles. The van der Waals surface area contributed by atoms with Crippen molar-refractivity contribution in [1.29, 1.82) is 0 Å². The molecule has 0 radical (unpaired) electrons. The first-order valence-corrected chi connectivity index (χ1v) is 7.52. The van der Waals surface area contributed by atoms with Crippen molar-refractivity contribution in [1.82, 2.24) is 0 Å². The van der Waals surface area contributed by atoms with Gasteiger partial charge in [0.1, 0.15) is 0 Å². The summed E-state index contributed by atoms with van der Waals surface area (Å²) in [4.78, 5) is 22.3. The predicted octanol–water partition coefficient (Wildman–Crippen LogP) is 4.16. The van der Waals surface area contributed by atoms with Crippen LogP contribution in [0.5, 0.6) is 0 Å². The second-order valence-corrected chi connectivity index (χ2v) is 5.16. The van der Waals surface area contributed by atoms with E-state index in [1.165, 1.54) is 6.92 Å². The fraction of sp³-hybridized carbons (Fsp3) is 0.158. The van der Waals surface area contributed by atoms with Gasteiger partial charge in [-0.05, 0) is 35.4 Å². The van der Waals surface area contributed by atoms with E-state index in [-0.39, 0.29) is 11.8 Å². The topological polar surface area (TPSA) is 58.2 Å². The second kappa shape index (κ2) is 7.94. The van der Waals surface area contributed by atoms with Crippen LogP contribution in [-0.2, 0) is 9.59 Å². The molecule has 0 aliphatic heterocycles. The molecule has 0 saturated heterocycles. The first kappa shape index (κ1) is 16.5. The smallest absolute Gasteiger partial charge is 0.224 e. The molecule has 2 aromatic carbocycles. The molecule has 2 aromatic rings. The zero-order valence-corrected chi connectivity index (χ0v) is 13.3. The van der Waals surface area contributed by atoms with E-state index in [9.17, 15) is 9.59 Å². The third-order valence-electron chi connectivity index (χ3n) is 3.21. The third kappa shape index (κ3) is 5.43. The lowest BCUT2D eigenvalue weighted by molar-refractivity contribution is -0.116. The SMILES string of the molecule is CCC(=O)Nc1ccc(/C=C/c2ccc(NC(C)=O)cc2)cc1. The Bertz CT molecular complexity index is 701. The molecule has 0 saturated carbocycles. The van der Waals surface area contributed by atoms with E-state index in [1.807, 2.05) is 67.6 Å². The fourth-order valence-corrected chi connectivity index (χ4v) is 2.00. The van der Waals surface area contributed by atoms with Gasteiger partial charge in [0.15, 0.2) is 0 Å². The lowest BCUT2D eigenvalue weighted by Crippen LogP contribution is -2.08. The van der Waals surface area contributed by atoms with Gasteiger partial charge < -0.3 is 10.6 Å². The second-order valence-electron chi connectivity index (χ2n) is 5.16. The maximum atomic E-state index is 11.3. The summed E-state index contributed by atoms with van der Waals surface area (Å²) in [6.45, 7) is 3.31. The lowest BCUT2D eigenvalue weighted by atomic mass is 10.1. The average molecular weight is 308 g/mol. The Balaban J connectivity index is 1.99. The number of nitrogens with one attached hydrogen (secondary N) is 2. The molecule has 4 nitrogen and oxygen atoms in total. The van der Waals surface area contributed by atoms with Gasteiger partial charge in [0.05, 0.1) is 0 Å². The lowest BCUT2D eigenvalue weighted by Gasteiger charge is -2.03. The molecule has 2 N–H and O–H groups in total. The van der Waals surface area contributed by atoms with Crippen molar-refractivity contribution >= 4 is 35.3 Å². The number of amides is 2. The molecule has 0 atom stereocenters. The van der Waals surface area contributed by atoms with Crippen LogP contribution >= 0.6 is 0 Å². The maximum absolute atomic E-state index is 11.3. The van der Waals surface area contributed by atoms with Gasteiger partial charge in [-0.2, -0.15) is 0 Å². The predicted molar refractivity (Wildman–Crippen MR) is 95.0 cm³/mol. The van der Waals surface area contributed by atoms with Gasteiger partial charge in [-0.15, -0.1) is 0 Å². The normalized spacial score (nSPS) is 10.5. The van der Waals surface area contributed by atoms with Crippen molar-refractivity contribution in [2.45, 2.75) is 20.3 Å². The molecule has 0 unspecified atom stereocenters. The minimum Gasteiger partial charge on any atom is -0.326 e. The molecule has 0 aromatic heterocycles. The van der Waals surface area contributed by atoms with E-state index in [4.69, 9.17) is 0 Å². The first-order chi connectivity index (χ1) is 11.1. The molecular formula is C19H20N2O2. The van der Waals surface area contributed by atoms with Crippen LogP contribution in [0.15, 0.2) is 48.5 Å². The van der Waals surface area contributed by atoms with Crippen LogP contribution in [0.2, 0.25) is 0 Å². The van der Waals surface area contributed by atoms with Crippen molar-refractivity contribution in [2.24, 2.45) is 0 Å². The summed E-state index contributed by atoms with van der Waals surface area (Å²) in [5.74, 6) is -0.0731. The zero-order chi connectivity index (χ0) is 16.7. The third-order valence-corrected chi connectivity index (χ3v) is 3.21. The van der Waals surface area contributed by atoms with Crippen LogP contribution in [-0.4, -0.2) is 11.8 Å². The molecule has 2 amide bonds. The molecule has 0 aliphatic rings. The summed E-state index contributed by atoms with van der Waals surface area (Å²) in [6, 6.07) is 15.3. The highest BCUT2D eigenvalue weighted by molar-refractivity contribution is 5.90. The van der Waals surface area contributed by atoms with Gasteiger partial charge in [0.2, 0.25) is 11.8 Å². The molecule has 0 fully saturated rings. The van der Waals surface area contributed by atoms with Gasteiger partial charge in [0, 0.05) is 24.7 Å². The van der Waals surface area contributed by atoms with E-state index >= 15 is 0 Å². The van der Waals surface area contributed by atoms with Gasteiger partial charge >= 0.3 is 0 Å². The van der Waals surface area contributed by atoms with Crippen molar-refractivity contribution in [3.8, 4) is 0 Å². The number of rotatable bonds is 5. The molecule has 0 bridgehead atoms. The van der Waals surface area contributed by atoms with E-state index in [1.54, 1.807) is 0 Å². The van der Waals surface area contributed by atoms with Crippen LogP contribution in [0, 0.1) is 0 Å². The van der Waals surface area contributed by atoms with E-state index in [0.29, 0.717) is 6.42 Å². The zero-order valence-electron chi connectivity index (χ0n) is 13.3. The number of hydrogen-bond acceptors (Lipinski definition) is 2. The Labute approximate surface area is 136 Å². The van der Waals surface area contributed by atoms with Crippen molar-refractivity contribution < 1.29 is 9.59 Å². The van der Waals surface area contributed by atoms with E-state index < -0.39 is 0 Å². The molecule has 0 spiro atoms. The van der Waals surface area contributed by atoms with E-state index in [2.05, 4.69) is 10.6 Å². The van der Waals surface area contributed by atoms with Crippen molar-refractivity contribution in [3.63, 3.8) is 0 Å². The van der Waals surface area contributed by atoms with Gasteiger partial charge in [-0.1, -0.05) is 43.3 Å². The average Bonchev–Trinajstić information content (AvgIpc) is 2.55. The van der Waals surface area contributed by atoms with Crippen molar-refractivity contribution in [3.05, 3.63) is 59.7 Å². The minimum atomic E-state index is -0.0801. The fourth-order valence-electron chi connectivity index (χ4n) is 2.00. The quantitative estimate of drug-likeness (QED) is 0.815. The van der Waals surface area contributed by atoms with Crippen LogP contribution in [0.25, 0.3) is 12.2 Å². The number of carbonyl (C=O) groups is 2. The Hall–Kier alpha value is -2.88.